The predicted molar refractivity (Wildman–Crippen MR) is 39.4 cm³/mol. The molecule has 0 saturated heterocycles. The van der Waals surface area contributed by atoms with Crippen LogP contribution in [0.25, 0.3) is 0 Å². The van der Waals surface area contributed by atoms with E-state index in [0.29, 0.717) is 5.56 Å². The minimum atomic E-state index is -0.416. The molecule has 0 saturated carbocycles. The smallest absolute Gasteiger partial charge is 0.117 e. The Labute approximate surface area is 80.0 Å². The molecule has 0 bridgehead atoms. The van der Waals surface area contributed by atoms with Crippen LogP contribution in [-0.4, -0.2) is 0 Å². The molecule has 0 aliphatic rings. The summed E-state index contributed by atoms with van der Waals surface area (Å²) < 4.78 is 12.5. The van der Waals surface area contributed by atoms with Crippen LogP contribution in [0.5, 0.6) is 0 Å². The van der Waals surface area contributed by atoms with Crippen molar-refractivity contribution in [3.63, 3.8) is 0 Å². The first-order valence-corrected chi connectivity index (χ1v) is 3.10. The van der Waals surface area contributed by atoms with Gasteiger partial charge in [0.15, 0.2) is 0 Å². The molecule has 0 spiro atoms. The van der Waals surface area contributed by atoms with Crippen molar-refractivity contribution in [2.75, 3.05) is 0 Å². The molecule has 0 heterocycles. The summed E-state index contributed by atoms with van der Waals surface area (Å²) in [6.07, 6.45) is 2.59. The van der Waals surface area contributed by atoms with Gasteiger partial charge in [-0.1, -0.05) is 17.7 Å². The fourth-order valence-corrected chi connectivity index (χ4v) is 0.787. The van der Waals surface area contributed by atoms with Crippen molar-refractivity contribution in [1.82, 2.24) is 0 Å². The molecular formula is C8H5ClFNi-. The van der Waals surface area contributed by atoms with E-state index in [0.717, 1.165) is 0 Å². The molecule has 3 heteroatoms. The zero-order valence-electron chi connectivity index (χ0n) is 5.51. The standard InChI is InChI=1S/C8H5ClF.Ni/c1-2-6-3-4-8(10)7(9)5-6;/h3-5H,1H2;/q-1;. The quantitative estimate of drug-likeness (QED) is 0.498. The average Bonchev–Trinajstić information content (AvgIpc) is 1.95. The van der Waals surface area contributed by atoms with E-state index in [1.54, 1.807) is 6.07 Å². The average molecular weight is 214 g/mol. The molecule has 0 aliphatic heterocycles. The van der Waals surface area contributed by atoms with Crippen molar-refractivity contribution >= 4 is 11.6 Å². The van der Waals surface area contributed by atoms with Crippen molar-refractivity contribution < 1.29 is 20.9 Å². The minimum absolute atomic E-state index is 0. The molecule has 0 aliphatic carbocycles. The number of hydrogen-bond acceptors (Lipinski definition) is 0. The van der Waals surface area contributed by atoms with Crippen LogP contribution < -0.4 is 0 Å². The molecule has 1 rings (SSSR count). The third-order valence-corrected chi connectivity index (χ3v) is 1.41. The van der Waals surface area contributed by atoms with Gasteiger partial charge >= 0.3 is 0 Å². The van der Waals surface area contributed by atoms with Crippen LogP contribution in [-0.2, 0) is 16.5 Å². The summed E-state index contributed by atoms with van der Waals surface area (Å²) >= 11 is 5.45. The third kappa shape index (κ3) is 2.65. The SMILES string of the molecule is C=[C-]c1ccc(F)c(Cl)c1.[Ni]. The molecule has 0 radical (unpaired) electrons. The topological polar surface area (TPSA) is 0 Å². The molecule has 1 aromatic carbocycles. The van der Waals surface area contributed by atoms with Gasteiger partial charge in [-0.15, -0.1) is 6.07 Å². The third-order valence-electron chi connectivity index (χ3n) is 1.12. The van der Waals surface area contributed by atoms with Gasteiger partial charge in [-0.3, -0.25) is 0 Å². The number of halogens is 2. The van der Waals surface area contributed by atoms with Crippen molar-refractivity contribution in [3.8, 4) is 0 Å². The monoisotopic (exact) mass is 213 g/mol. The fraction of sp³-hybridized carbons (Fsp3) is 0. The molecule has 0 atom stereocenters. The Bertz CT molecular complexity index is 260. The number of hydrogen-bond donors (Lipinski definition) is 0. The van der Waals surface area contributed by atoms with Gasteiger partial charge < -0.3 is 0 Å². The van der Waals surface area contributed by atoms with Crippen LogP contribution >= 0.6 is 11.6 Å². The largest absolute Gasteiger partial charge is 0.208 e. The van der Waals surface area contributed by atoms with E-state index in [2.05, 4.69) is 12.7 Å². The van der Waals surface area contributed by atoms with Gasteiger partial charge in [0.05, 0.1) is 0 Å². The minimum Gasteiger partial charge on any atom is -0.208 e. The van der Waals surface area contributed by atoms with Crippen LogP contribution in [0, 0.1) is 11.9 Å². The van der Waals surface area contributed by atoms with Gasteiger partial charge in [0, 0.05) is 21.5 Å². The van der Waals surface area contributed by atoms with Crippen molar-refractivity contribution in [1.29, 1.82) is 0 Å². The molecule has 11 heavy (non-hydrogen) atoms. The van der Waals surface area contributed by atoms with Crippen molar-refractivity contribution in [2.24, 2.45) is 0 Å². The molecule has 0 aromatic heterocycles. The van der Waals surface area contributed by atoms with Crippen molar-refractivity contribution in [2.45, 2.75) is 0 Å². The number of rotatable bonds is 1. The zero-order valence-corrected chi connectivity index (χ0v) is 7.25. The summed E-state index contributed by atoms with van der Waals surface area (Å²) in [4.78, 5) is 0. The zero-order chi connectivity index (χ0) is 7.56. The fourth-order valence-electron chi connectivity index (χ4n) is 0.606. The Kier molecular flexibility index (Phi) is 4.40. The van der Waals surface area contributed by atoms with Gasteiger partial charge in [-0.05, 0) is 0 Å². The predicted octanol–water partition coefficient (Wildman–Crippen LogP) is 2.81. The first-order valence-electron chi connectivity index (χ1n) is 2.72. The first-order chi connectivity index (χ1) is 4.74. The summed E-state index contributed by atoms with van der Waals surface area (Å²) in [5, 5.41) is 0.105. The van der Waals surface area contributed by atoms with Gasteiger partial charge in [-0.2, -0.15) is 24.3 Å². The Hall–Kier alpha value is -0.326. The van der Waals surface area contributed by atoms with E-state index in [1.807, 2.05) is 0 Å². The van der Waals surface area contributed by atoms with Crippen molar-refractivity contribution in [3.05, 3.63) is 47.3 Å². The van der Waals surface area contributed by atoms with E-state index >= 15 is 0 Å². The van der Waals surface area contributed by atoms with Crippen LogP contribution in [0.15, 0.2) is 24.8 Å². The molecule has 1 aromatic rings. The Balaban J connectivity index is 0.000001000. The second kappa shape index (κ2) is 4.53. The van der Waals surface area contributed by atoms with E-state index in [-0.39, 0.29) is 21.5 Å². The van der Waals surface area contributed by atoms with Gasteiger partial charge in [-0.25, -0.2) is 4.39 Å². The van der Waals surface area contributed by atoms with E-state index in [1.165, 1.54) is 12.1 Å². The molecule has 0 unspecified atom stereocenters. The summed E-state index contributed by atoms with van der Waals surface area (Å²) in [5.41, 5.74) is 0.700. The van der Waals surface area contributed by atoms with Crippen LogP contribution in [0.2, 0.25) is 5.02 Å². The van der Waals surface area contributed by atoms with E-state index < -0.39 is 5.82 Å². The van der Waals surface area contributed by atoms with Gasteiger partial charge in [0.1, 0.15) is 5.82 Å². The Morgan fingerprint density at radius 1 is 1.45 bits per heavy atom. The van der Waals surface area contributed by atoms with Gasteiger partial charge in [0.25, 0.3) is 0 Å². The Morgan fingerprint density at radius 2 is 2.09 bits per heavy atom. The molecule has 0 nitrogen and oxygen atoms in total. The summed E-state index contributed by atoms with van der Waals surface area (Å²) in [5.74, 6) is -0.416. The van der Waals surface area contributed by atoms with E-state index in [4.69, 9.17) is 11.6 Å². The normalized spacial score (nSPS) is 8.55. The maximum Gasteiger partial charge on any atom is 0.117 e. The maximum atomic E-state index is 12.5. The molecule has 0 N–H and O–H groups in total. The van der Waals surface area contributed by atoms with Gasteiger partial charge in [0.2, 0.25) is 0 Å². The summed E-state index contributed by atoms with van der Waals surface area (Å²) in [7, 11) is 0. The van der Waals surface area contributed by atoms with Crippen LogP contribution in [0.4, 0.5) is 4.39 Å². The Morgan fingerprint density at radius 3 is 2.55 bits per heavy atom. The molecular weight excluding hydrogens is 209 g/mol. The van der Waals surface area contributed by atoms with Crippen LogP contribution in [0.3, 0.4) is 0 Å². The summed E-state index contributed by atoms with van der Waals surface area (Å²) in [6, 6.07) is 4.33. The second-order valence-electron chi connectivity index (χ2n) is 1.81. The second-order valence-corrected chi connectivity index (χ2v) is 2.21. The van der Waals surface area contributed by atoms with Crippen LogP contribution in [0.1, 0.15) is 5.56 Å². The summed E-state index contributed by atoms with van der Waals surface area (Å²) in [6.45, 7) is 3.40. The first kappa shape index (κ1) is 10.7. The number of benzene rings is 1. The maximum absolute atomic E-state index is 12.5. The molecule has 0 fully saturated rings. The van der Waals surface area contributed by atoms with E-state index in [9.17, 15) is 4.39 Å². The molecule has 0 amide bonds. The molecule has 62 valence electrons.